The molecule has 0 bridgehead atoms. The van der Waals surface area contributed by atoms with Gasteiger partial charge >= 0.3 is 0 Å². The average molecular weight is 488 g/mol. The van der Waals surface area contributed by atoms with Gasteiger partial charge in [0.1, 0.15) is 17.6 Å². The van der Waals surface area contributed by atoms with Crippen LogP contribution in [0.5, 0.6) is 5.75 Å². The molecule has 1 aliphatic heterocycles. The third-order valence-corrected chi connectivity index (χ3v) is 7.02. The number of hydrogen-bond acceptors (Lipinski definition) is 5. The van der Waals surface area contributed by atoms with Crippen LogP contribution in [-0.2, 0) is 9.59 Å². The molecular weight excluding hydrogens is 469 g/mol. The minimum Gasteiger partial charge on any atom is -0.507 e. The lowest BCUT2D eigenvalue weighted by molar-refractivity contribution is -0.132. The van der Waals surface area contributed by atoms with E-state index >= 15 is 0 Å². The summed E-state index contributed by atoms with van der Waals surface area (Å²) >= 11 is 14.0. The first-order valence-corrected chi connectivity index (χ1v) is 11.3. The van der Waals surface area contributed by atoms with Gasteiger partial charge in [0.15, 0.2) is 0 Å². The van der Waals surface area contributed by atoms with E-state index in [1.807, 2.05) is 24.4 Å². The van der Waals surface area contributed by atoms with Crippen LogP contribution in [0.3, 0.4) is 0 Å². The minimum absolute atomic E-state index is 0.0307. The topological polar surface area (TPSA) is 66.8 Å². The molecule has 3 aromatic rings. The standard InChI is InChI=1S/C24H19Cl2NO4S/c1-12-10-14(23(31-3)16(26)11-12)21(28)19-20(18-8-5-9-32-18)27(24(30)22(19)29)17-7-4-6-15(25)13(17)2/h4-11,20,28H,1-3H3/b21-19-. The van der Waals surface area contributed by atoms with Crippen LogP contribution in [0.25, 0.3) is 5.76 Å². The first kappa shape index (κ1) is 22.4. The lowest BCUT2D eigenvalue weighted by Gasteiger charge is -2.26. The maximum atomic E-state index is 13.3. The van der Waals surface area contributed by atoms with Crippen molar-refractivity contribution >= 4 is 57.7 Å². The third-order valence-electron chi connectivity index (χ3n) is 5.40. The number of ether oxygens (including phenoxy) is 1. The highest BCUT2D eigenvalue weighted by Crippen LogP contribution is 2.46. The van der Waals surface area contributed by atoms with Crippen molar-refractivity contribution in [2.75, 3.05) is 12.0 Å². The summed E-state index contributed by atoms with van der Waals surface area (Å²) in [6.45, 7) is 3.60. The molecule has 1 aliphatic rings. The van der Waals surface area contributed by atoms with E-state index in [-0.39, 0.29) is 22.6 Å². The predicted octanol–water partition coefficient (Wildman–Crippen LogP) is 6.31. The number of Topliss-reactive ketones (excluding diaryl/α,β-unsaturated/α-hetero) is 1. The molecule has 0 saturated carbocycles. The molecule has 32 heavy (non-hydrogen) atoms. The maximum absolute atomic E-state index is 13.3. The van der Waals surface area contributed by atoms with E-state index in [4.69, 9.17) is 27.9 Å². The van der Waals surface area contributed by atoms with E-state index < -0.39 is 17.7 Å². The van der Waals surface area contributed by atoms with E-state index in [1.165, 1.54) is 23.3 Å². The highest BCUT2D eigenvalue weighted by Gasteiger charge is 2.48. The number of methoxy groups -OCH3 is 1. The van der Waals surface area contributed by atoms with Crippen LogP contribution in [0.2, 0.25) is 10.0 Å². The Labute approximate surface area is 199 Å². The van der Waals surface area contributed by atoms with Crippen molar-refractivity contribution in [3.63, 3.8) is 0 Å². The van der Waals surface area contributed by atoms with E-state index in [1.54, 1.807) is 37.3 Å². The molecule has 1 N–H and O–H groups in total. The number of aliphatic hydroxyl groups is 1. The van der Waals surface area contributed by atoms with E-state index in [9.17, 15) is 14.7 Å². The van der Waals surface area contributed by atoms with Gasteiger partial charge in [-0.3, -0.25) is 14.5 Å². The van der Waals surface area contributed by atoms with Crippen LogP contribution in [0.4, 0.5) is 5.69 Å². The number of benzene rings is 2. The molecular formula is C24H19Cl2NO4S. The van der Waals surface area contributed by atoms with Crippen LogP contribution in [-0.4, -0.2) is 23.9 Å². The number of carbonyl (C=O) groups is 2. The number of thiophene rings is 1. The Morgan fingerprint density at radius 1 is 1.09 bits per heavy atom. The summed E-state index contributed by atoms with van der Waals surface area (Å²) in [6, 6.07) is 11.4. The minimum atomic E-state index is -0.823. The Morgan fingerprint density at radius 3 is 2.50 bits per heavy atom. The van der Waals surface area contributed by atoms with Crippen molar-refractivity contribution in [2.45, 2.75) is 19.9 Å². The van der Waals surface area contributed by atoms with Crippen molar-refractivity contribution in [1.82, 2.24) is 0 Å². The van der Waals surface area contributed by atoms with Gasteiger partial charge in [-0.2, -0.15) is 0 Å². The van der Waals surface area contributed by atoms with Crippen molar-refractivity contribution in [2.24, 2.45) is 0 Å². The fourth-order valence-electron chi connectivity index (χ4n) is 3.91. The molecule has 0 spiro atoms. The molecule has 1 aromatic heterocycles. The molecule has 1 saturated heterocycles. The zero-order valence-electron chi connectivity index (χ0n) is 17.5. The average Bonchev–Trinajstić information content (AvgIpc) is 3.36. The van der Waals surface area contributed by atoms with Crippen LogP contribution >= 0.6 is 34.5 Å². The van der Waals surface area contributed by atoms with Gasteiger partial charge in [0, 0.05) is 15.6 Å². The molecule has 1 atom stereocenters. The third kappa shape index (κ3) is 3.58. The lowest BCUT2D eigenvalue weighted by atomic mass is 9.98. The second kappa shape index (κ2) is 8.62. The predicted molar refractivity (Wildman–Crippen MR) is 128 cm³/mol. The van der Waals surface area contributed by atoms with Crippen LogP contribution < -0.4 is 9.64 Å². The van der Waals surface area contributed by atoms with Crippen LogP contribution in [0.1, 0.15) is 27.6 Å². The second-order valence-corrected chi connectivity index (χ2v) is 9.19. The Bertz CT molecular complexity index is 1270. The van der Waals surface area contributed by atoms with E-state index in [0.717, 1.165) is 10.4 Å². The van der Waals surface area contributed by atoms with Gasteiger partial charge in [-0.05, 0) is 60.7 Å². The second-order valence-electron chi connectivity index (χ2n) is 7.40. The molecule has 5 nitrogen and oxygen atoms in total. The molecule has 1 amide bonds. The van der Waals surface area contributed by atoms with Crippen LogP contribution in [0, 0.1) is 13.8 Å². The van der Waals surface area contributed by atoms with Gasteiger partial charge in [-0.1, -0.05) is 35.3 Å². The van der Waals surface area contributed by atoms with E-state index in [2.05, 4.69) is 0 Å². The largest absolute Gasteiger partial charge is 0.507 e. The molecule has 2 aromatic carbocycles. The number of rotatable bonds is 4. The molecule has 1 unspecified atom stereocenters. The SMILES string of the molecule is COc1c(Cl)cc(C)cc1/C(O)=C1/C(=O)C(=O)N(c2cccc(Cl)c2C)C1c1cccs1. The number of nitrogens with zero attached hydrogens (tertiary/aromatic N) is 1. The van der Waals surface area contributed by atoms with Gasteiger partial charge in [0.25, 0.3) is 11.7 Å². The van der Waals surface area contributed by atoms with Gasteiger partial charge in [0.2, 0.25) is 0 Å². The van der Waals surface area contributed by atoms with Crippen LogP contribution in [0.15, 0.2) is 53.4 Å². The van der Waals surface area contributed by atoms with Crippen molar-refractivity contribution in [3.8, 4) is 5.75 Å². The van der Waals surface area contributed by atoms with Gasteiger partial charge < -0.3 is 9.84 Å². The maximum Gasteiger partial charge on any atom is 0.300 e. The number of carbonyl (C=O) groups excluding carboxylic acids is 2. The number of halogens is 2. The molecule has 0 aliphatic carbocycles. The summed E-state index contributed by atoms with van der Waals surface area (Å²) in [6.07, 6.45) is 0. The number of amides is 1. The Kier molecular flexibility index (Phi) is 6.03. The van der Waals surface area contributed by atoms with Crippen molar-refractivity contribution in [1.29, 1.82) is 0 Å². The molecule has 1 fully saturated rings. The molecule has 164 valence electrons. The van der Waals surface area contributed by atoms with Gasteiger partial charge in [0.05, 0.1) is 23.3 Å². The Balaban J connectivity index is 2.01. The number of aliphatic hydroxyl groups excluding tert-OH is 1. The molecule has 8 heteroatoms. The van der Waals surface area contributed by atoms with E-state index in [0.29, 0.717) is 21.3 Å². The lowest BCUT2D eigenvalue weighted by Crippen LogP contribution is -2.29. The zero-order chi connectivity index (χ0) is 23.2. The molecule has 0 radical (unpaired) electrons. The smallest absolute Gasteiger partial charge is 0.300 e. The zero-order valence-corrected chi connectivity index (χ0v) is 19.8. The Hall–Kier alpha value is -2.80. The van der Waals surface area contributed by atoms with Crippen molar-refractivity contribution in [3.05, 3.63) is 85.0 Å². The number of hydrogen-bond donors (Lipinski definition) is 1. The quantitative estimate of drug-likeness (QED) is 0.266. The van der Waals surface area contributed by atoms with Crippen molar-refractivity contribution < 1.29 is 19.4 Å². The highest BCUT2D eigenvalue weighted by molar-refractivity contribution is 7.10. The number of anilines is 1. The summed E-state index contributed by atoms with van der Waals surface area (Å²) in [5.41, 5.74) is 2.15. The summed E-state index contributed by atoms with van der Waals surface area (Å²) in [4.78, 5) is 28.6. The summed E-state index contributed by atoms with van der Waals surface area (Å²) in [7, 11) is 1.43. The summed E-state index contributed by atoms with van der Waals surface area (Å²) in [5, 5.41) is 14.0. The summed E-state index contributed by atoms with van der Waals surface area (Å²) < 4.78 is 5.40. The highest BCUT2D eigenvalue weighted by atomic mass is 35.5. The van der Waals surface area contributed by atoms with Gasteiger partial charge in [-0.15, -0.1) is 11.3 Å². The Morgan fingerprint density at radius 2 is 1.84 bits per heavy atom. The first-order chi connectivity index (χ1) is 15.3. The number of aryl methyl sites for hydroxylation is 1. The monoisotopic (exact) mass is 487 g/mol. The number of ketones is 1. The normalized spacial score (nSPS) is 17.8. The first-order valence-electron chi connectivity index (χ1n) is 9.70. The summed E-state index contributed by atoms with van der Waals surface area (Å²) in [5.74, 6) is -1.65. The van der Waals surface area contributed by atoms with Gasteiger partial charge in [-0.25, -0.2) is 0 Å². The molecule has 4 rings (SSSR count). The molecule has 2 heterocycles. The fraction of sp³-hybridized carbons (Fsp3) is 0.167. The fourth-order valence-corrected chi connectivity index (χ4v) is 5.26.